The molecule has 0 saturated heterocycles. The SMILES string of the molecule is CC(=O)Nc1ccc(C(=O)COC(=O)[C@@H](C(C)C)N2C(=O)c3ccccc3C2=O)cc1. The van der Waals surface area contributed by atoms with E-state index in [1.807, 2.05) is 0 Å². The highest BCUT2D eigenvalue weighted by molar-refractivity contribution is 6.22. The van der Waals surface area contributed by atoms with E-state index >= 15 is 0 Å². The molecule has 2 aromatic carbocycles. The minimum atomic E-state index is -1.15. The molecule has 31 heavy (non-hydrogen) atoms. The molecule has 8 heteroatoms. The largest absolute Gasteiger partial charge is 0.456 e. The summed E-state index contributed by atoms with van der Waals surface area (Å²) in [5, 5.41) is 2.59. The molecule has 0 fully saturated rings. The smallest absolute Gasteiger partial charge is 0.330 e. The van der Waals surface area contributed by atoms with Gasteiger partial charge in [-0.15, -0.1) is 0 Å². The molecule has 1 N–H and O–H groups in total. The topological polar surface area (TPSA) is 110 Å². The quantitative estimate of drug-likeness (QED) is 0.417. The predicted molar refractivity (Wildman–Crippen MR) is 112 cm³/mol. The van der Waals surface area contributed by atoms with Crippen molar-refractivity contribution in [2.75, 3.05) is 11.9 Å². The highest BCUT2D eigenvalue weighted by Gasteiger charge is 2.44. The molecule has 0 aromatic heterocycles. The minimum absolute atomic E-state index is 0.235. The molecule has 1 aliphatic heterocycles. The first-order valence-electron chi connectivity index (χ1n) is 9.75. The zero-order chi connectivity index (χ0) is 22.7. The van der Waals surface area contributed by atoms with Gasteiger partial charge in [0.05, 0.1) is 11.1 Å². The van der Waals surface area contributed by atoms with E-state index in [0.717, 1.165) is 4.90 Å². The third kappa shape index (κ3) is 4.53. The number of rotatable bonds is 7. The van der Waals surface area contributed by atoms with Gasteiger partial charge in [0.2, 0.25) is 5.91 Å². The van der Waals surface area contributed by atoms with Crippen LogP contribution in [0.3, 0.4) is 0 Å². The number of nitrogens with one attached hydrogen (secondary N) is 1. The van der Waals surface area contributed by atoms with Crippen molar-refractivity contribution >= 4 is 35.2 Å². The summed E-state index contributed by atoms with van der Waals surface area (Å²) >= 11 is 0. The van der Waals surface area contributed by atoms with Crippen molar-refractivity contribution < 1.29 is 28.7 Å². The first-order chi connectivity index (χ1) is 14.7. The lowest BCUT2D eigenvalue weighted by Gasteiger charge is -2.27. The Bertz CT molecular complexity index is 1020. The number of imide groups is 1. The van der Waals surface area contributed by atoms with Crippen molar-refractivity contribution in [1.82, 2.24) is 4.90 Å². The van der Waals surface area contributed by atoms with Gasteiger partial charge in [-0.1, -0.05) is 26.0 Å². The maximum atomic E-state index is 12.8. The van der Waals surface area contributed by atoms with Gasteiger partial charge in [-0.25, -0.2) is 4.79 Å². The fourth-order valence-corrected chi connectivity index (χ4v) is 3.38. The first-order valence-corrected chi connectivity index (χ1v) is 9.75. The average Bonchev–Trinajstić information content (AvgIpc) is 2.97. The van der Waals surface area contributed by atoms with E-state index in [4.69, 9.17) is 4.74 Å². The monoisotopic (exact) mass is 422 g/mol. The standard InChI is InChI=1S/C23H22N2O6/c1-13(2)20(25-21(28)17-6-4-5-7-18(17)22(25)29)23(30)31-12-19(27)15-8-10-16(11-9-15)24-14(3)26/h4-11,13,20H,12H2,1-3H3,(H,24,26)/t20-/m1/s1. The van der Waals surface area contributed by atoms with Crippen LogP contribution in [0.1, 0.15) is 51.8 Å². The van der Waals surface area contributed by atoms with Crippen molar-refractivity contribution in [2.24, 2.45) is 5.92 Å². The summed E-state index contributed by atoms with van der Waals surface area (Å²) in [6.07, 6.45) is 0. The molecule has 1 aliphatic rings. The van der Waals surface area contributed by atoms with Gasteiger partial charge in [0, 0.05) is 18.2 Å². The van der Waals surface area contributed by atoms with Crippen molar-refractivity contribution in [3.05, 3.63) is 65.2 Å². The number of fused-ring (bicyclic) bond motifs is 1. The second-order valence-corrected chi connectivity index (χ2v) is 7.50. The van der Waals surface area contributed by atoms with Crippen molar-refractivity contribution in [1.29, 1.82) is 0 Å². The number of amides is 3. The third-order valence-electron chi connectivity index (χ3n) is 4.85. The lowest BCUT2D eigenvalue weighted by Crippen LogP contribution is -2.49. The molecule has 1 heterocycles. The summed E-state index contributed by atoms with van der Waals surface area (Å²) in [6.45, 7) is 4.22. The van der Waals surface area contributed by atoms with E-state index in [0.29, 0.717) is 11.3 Å². The average molecular weight is 422 g/mol. The summed E-state index contributed by atoms with van der Waals surface area (Å²) in [5.41, 5.74) is 1.30. The molecule has 0 saturated carbocycles. The third-order valence-corrected chi connectivity index (χ3v) is 4.85. The van der Waals surface area contributed by atoms with Crippen LogP contribution in [0.15, 0.2) is 48.5 Å². The van der Waals surface area contributed by atoms with Crippen LogP contribution in [0, 0.1) is 5.92 Å². The number of Topliss-reactive ketones (excluding diaryl/α,β-unsaturated/α-hetero) is 1. The maximum absolute atomic E-state index is 12.8. The fourth-order valence-electron chi connectivity index (χ4n) is 3.38. The van der Waals surface area contributed by atoms with E-state index < -0.39 is 42.1 Å². The van der Waals surface area contributed by atoms with Crippen molar-refractivity contribution in [2.45, 2.75) is 26.8 Å². The number of hydrogen-bond donors (Lipinski definition) is 1. The Labute approximate surface area is 179 Å². The number of carbonyl (C=O) groups is 5. The second-order valence-electron chi connectivity index (χ2n) is 7.50. The molecule has 160 valence electrons. The molecule has 0 radical (unpaired) electrons. The van der Waals surface area contributed by atoms with Crippen LogP contribution in [0.5, 0.6) is 0 Å². The highest BCUT2D eigenvalue weighted by Crippen LogP contribution is 2.27. The summed E-state index contributed by atoms with van der Waals surface area (Å²) < 4.78 is 5.18. The van der Waals surface area contributed by atoms with Gasteiger partial charge in [-0.05, 0) is 42.3 Å². The van der Waals surface area contributed by atoms with Crippen LogP contribution in [-0.4, -0.2) is 47.0 Å². The van der Waals surface area contributed by atoms with Gasteiger partial charge in [0.25, 0.3) is 11.8 Å². The molecular weight excluding hydrogens is 400 g/mol. The second kappa shape index (κ2) is 8.91. The number of ether oxygens (including phenoxy) is 1. The molecule has 3 amide bonds. The number of nitrogens with zero attached hydrogens (tertiary/aromatic N) is 1. The van der Waals surface area contributed by atoms with Gasteiger partial charge in [0.15, 0.2) is 12.4 Å². The lowest BCUT2D eigenvalue weighted by atomic mass is 10.0. The summed E-state index contributed by atoms with van der Waals surface area (Å²) in [7, 11) is 0. The zero-order valence-corrected chi connectivity index (χ0v) is 17.4. The van der Waals surface area contributed by atoms with Crippen LogP contribution in [-0.2, 0) is 14.3 Å². The van der Waals surface area contributed by atoms with Crippen LogP contribution in [0.4, 0.5) is 5.69 Å². The highest BCUT2D eigenvalue weighted by atomic mass is 16.5. The zero-order valence-electron chi connectivity index (χ0n) is 17.4. The molecule has 3 rings (SSSR count). The van der Waals surface area contributed by atoms with Gasteiger partial charge in [0.1, 0.15) is 6.04 Å². The minimum Gasteiger partial charge on any atom is -0.456 e. The van der Waals surface area contributed by atoms with Gasteiger partial charge < -0.3 is 10.1 Å². The molecule has 0 unspecified atom stereocenters. The molecule has 2 aromatic rings. The first kappa shape index (κ1) is 21.9. The maximum Gasteiger partial charge on any atom is 0.330 e. The molecule has 0 aliphatic carbocycles. The molecule has 0 spiro atoms. The molecule has 8 nitrogen and oxygen atoms in total. The van der Waals surface area contributed by atoms with Crippen molar-refractivity contribution in [3.8, 4) is 0 Å². The van der Waals surface area contributed by atoms with E-state index in [9.17, 15) is 24.0 Å². The van der Waals surface area contributed by atoms with Crippen LogP contribution in [0.25, 0.3) is 0 Å². The van der Waals surface area contributed by atoms with E-state index in [-0.39, 0.29) is 17.0 Å². The summed E-state index contributed by atoms with van der Waals surface area (Å²) in [4.78, 5) is 62.6. The van der Waals surface area contributed by atoms with E-state index in [2.05, 4.69) is 5.32 Å². The van der Waals surface area contributed by atoms with Gasteiger partial charge in [-0.3, -0.25) is 24.1 Å². The van der Waals surface area contributed by atoms with Crippen LogP contribution in [0.2, 0.25) is 0 Å². The van der Waals surface area contributed by atoms with E-state index in [1.165, 1.54) is 31.2 Å². The normalized spacial score (nSPS) is 13.7. The van der Waals surface area contributed by atoms with Crippen LogP contribution >= 0.6 is 0 Å². The van der Waals surface area contributed by atoms with Gasteiger partial charge in [-0.2, -0.15) is 0 Å². The Morgan fingerprint density at radius 2 is 1.48 bits per heavy atom. The number of hydrogen-bond acceptors (Lipinski definition) is 6. The Hall–Kier alpha value is -3.81. The van der Waals surface area contributed by atoms with Gasteiger partial charge >= 0.3 is 5.97 Å². The Morgan fingerprint density at radius 3 is 1.97 bits per heavy atom. The summed E-state index contributed by atoms with van der Waals surface area (Å²) in [6, 6.07) is 11.3. The molecule has 1 atom stereocenters. The molecular formula is C23H22N2O6. The number of anilines is 1. The number of ketones is 1. The van der Waals surface area contributed by atoms with Crippen LogP contribution < -0.4 is 5.32 Å². The van der Waals surface area contributed by atoms with E-state index in [1.54, 1.807) is 38.1 Å². The Morgan fingerprint density at radius 1 is 0.935 bits per heavy atom. The Balaban J connectivity index is 1.69. The molecule has 0 bridgehead atoms. The lowest BCUT2D eigenvalue weighted by molar-refractivity contribution is -0.148. The van der Waals surface area contributed by atoms with Crippen molar-refractivity contribution in [3.63, 3.8) is 0 Å². The number of benzene rings is 2. The fraction of sp³-hybridized carbons (Fsp3) is 0.261. The summed E-state index contributed by atoms with van der Waals surface area (Å²) in [5.74, 6) is -3.05. The predicted octanol–water partition coefficient (Wildman–Crippen LogP) is 2.69. The number of esters is 1. The number of carbonyl (C=O) groups excluding carboxylic acids is 5. The Kier molecular flexibility index (Phi) is 6.29.